The zero-order valence-corrected chi connectivity index (χ0v) is 19.9. The molecule has 1 atom stereocenters. The first-order chi connectivity index (χ1) is 13.4. The summed E-state index contributed by atoms with van der Waals surface area (Å²) in [5.74, 6) is 0.133. The molecule has 0 aliphatic heterocycles. The fourth-order valence-electron chi connectivity index (χ4n) is 2.37. The zero-order chi connectivity index (χ0) is 21.8. The average Bonchev–Trinajstić information content (AvgIpc) is 2.60. The fraction of sp³-hybridized carbons (Fsp3) is 0.235. The number of hydrogen-bond acceptors (Lipinski definition) is 7. The van der Waals surface area contributed by atoms with Crippen molar-refractivity contribution >= 4 is 54.4 Å². The van der Waals surface area contributed by atoms with Crippen LogP contribution in [0.15, 0.2) is 36.4 Å². The van der Waals surface area contributed by atoms with Gasteiger partial charge in [-0.3, -0.25) is 0 Å². The van der Waals surface area contributed by atoms with Crippen molar-refractivity contribution in [2.45, 2.75) is 0 Å². The molecule has 9 nitrogen and oxygen atoms in total. The Hall–Kier alpha value is -2.23. The maximum absolute atomic E-state index is 12.6. The predicted octanol–water partition coefficient (Wildman–Crippen LogP) is 0.349. The smallest absolute Gasteiger partial charge is 0.207 e. The van der Waals surface area contributed by atoms with E-state index in [0.29, 0.717) is 15.8 Å². The van der Waals surface area contributed by atoms with Gasteiger partial charge in [-0.2, -0.15) is 0 Å². The number of carbonyl (C=O) groups is 1. The Balaban J connectivity index is 2.25. The molecule has 2 aromatic carbocycles. The number of ether oxygens (including phenoxy) is 2. The van der Waals surface area contributed by atoms with Crippen LogP contribution in [-0.4, -0.2) is 64.1 Å². The van der Waals surface area contributed by atoms with Crippen LogP contribution in [0.2, 0.25) is 0 Å². The van der Waals surface area contributed by atoms with Gasteiger partial charge < -0.3 is 0 Å². The number of rotatable bonds is 8. The van der Waals surface area contributed by atoms with Crippen LogP contribution in [0, 0.1) is 0 Å². The second-order valence-electron chi connectivity index (χ2n) is 6.03. The van der Waals surface area contributed by atoms with Crippen LogP contribution in [0.1, 0.15) is 10.4 Å². The molecule has 2 rings (SSSR count). The average molecular weight is 504 g/mol. The number of nitrogens with one attached hydrogen (secondary N) is 2. The van der Waals surface area contributed by atoms with Gasteiger partial charge in [0.2, 0.25) is 0 Å². The van der Waals surface area contributed by atoms with Crippen LogP contribution >= 0.6 is 0 Å². The Kier molecular flexibility index (Phi) is 7.20. The van der Waals surface area contributed by atoms with Crippen molar-refractivity contribution in [2.75, 3.05) is 36.8 Å². The number of carbonyl (C=O) groups excluding carboxylic acids is 1. The Bertz CT molecular complexity index is 1130. The molecule has 0 fully saturated rings. The molecule has 0 bridgehead atoms. The predicted molar refractivity (Wildman–Crippen MR) is 114 cm³/mol. The molecule has 1 unspecified atom stereocenters. The van der Waals surface area contributed by atoms with Crippen molar-refractivity contribution in [1.82, 2.24) is 0 Å². The SMILES string of the molecule is COc1cc(NC(=O)c2ccc([AsH]S(C)(=O)=O)c(OC)c2)ccc1NS(C)(=O)=O. The molecule has 0 spiro atoms. The number of benzene rings is 2. The summed E-state index contributed by atoms with van der Waals surface area (Å²) in [4.78, 5) is 12.6. The van der Waals surface area contributed by atoms with Crippen molar-refractivity contribution in [2.24, 2.45) is 0 Å². The minimum Gasteiger partial charge on any atom is -0.207 e. The third kappa shape index (κ3) is 6.95. The molecule has 12 heteroatoms. The van der Waals surface area contributed by atoms with Gasteiger partial charge in [-0.15, -0.1) is 0 Å². The second-order valence-corrected chi connectivity index (χ2v) is 16.6. The van der Waals surface area contributed by atoms with Crippen LogP contribution < -0.4 is 23.9 Å². The fourth-order valence-corrected chi connectivity index (χ4v) is 7.63. The van der Waals surface area contributed by atoms with E-state index < -0.39 is 38.6 Å². The molecule has 0 saturated heterocycles. The van der Waals surface area contributed by atoms with Gasteiger partial charge in [-0.1, -0.05) is 0 Å². The second kappa shape index (κ2) is 9.06. The van der Waals surface area contributed by atoms with Crippen LogP contribution in [0.5, 0.6) is 11.5 Å². The Morgan fingerprint density at radius 2 is 1.59 bits per heavy atom. The van der Waals surface area contributed by atoms with Gasteiger partial charge in [0.1, 0.15) is 0 Å². The molecule has 0 saturated carbocycles. The Morgan fingerprint density at radius 1 is 0.931 bits per heavy atom. The molecule has 0 aliphatic rings. The van der Waals surface area contributed by atoms with Crippen LogP contribution in [0.4, 0.5) is 11.4 Å². The molecular formula is C17H21AsN2O7S2. The molecule has 158 valence electrons. The summed E-state index contributed by atoms with van der Waals surface area (Å²) in [5, 5.41) is 2.68. The molecule has 2 aromatic rings. The van der Waals surface area contributed by atoms with E-state index in [9.17, 15) is 21.6 Å². The summed E-state index contributed by atoms with van der Waals surface area (Å²) < 4.78 is 59.3. The van der Waals surface area contributed by atoms with E-state index in [2.05, 4.69) is 10.0 Å². The number of amides is 1. The van der Waals surface area contributed by atoms with Gasteiger partial charge in [-0.25, -0.2) is 8.42 Å². The number of anilines is 2. The number of hydrogen-bond donors (Lipinski definition) is 2. The van der Waals surface area contributed by atoms with E-state index in [1.165, 1.54) is 50.8 Å². The van der Waals surface area contributed by atoms with Gasteiger partial charge in [0.15, 0.2) is 0 Å². The molecule has 29 heavy (non-hydrogen) atoms. The van der Waals surface area contributed by atoms with Crippen LogP contribution in [0.3, 0.4) is 0 Å². The third-order valence-corrected chi connectivity index (χ3v) is 9.28. The van der Waals surface area contributed by atoms with E-state index >= 15 is 0 Å². The van der Waals surface area contributed by atoms with Crippen molar-refractivity contribution in [3.63, 3.8) is 0 Å². The van der Waals surface area contributed by atoms with E-state index in [1.54, 1.807) is 6.07 Å². The summed E-state index contributed by atoms with van der Waals surface area (Å²) in [6.45, 7) is 0. The van der Waals surface area contributed by atoms with Crippen molar-refractivity contribution < 1.29 is 31.1 Å². The molecule has 0 radical (unpaired) electrons. The van der Waals surface area contributed by atoms with Gasteiger partial charge >= 0.3 is 161 Å². The molecule has 0 aromatic heterocycles. The first kappa shape index (κ1) is 23.1. The van der Waals surface area contributed by atoms with Gasteiger partial charge in [0, 0.05) is 0 Å². The molecule has 1 amide bonds. The first-order valence-corrected chi connectivity index (χ1v) is 15.4. The third-order valence-electron chi connectivity index (χ3n) is 3.51. The maximum atomic E-state index is 12.6. The van der Waals surface area contributed by atoms with Gasteiger partial charge in [0.25, 0.3) is 0 Å². The van der Waals surface area contributed by atoms with Crippen LogP contribution in [0.25, 0.3) is 0 Å². The topological polar surface area (TPSA) is 128 Å². The van der Waals surface area contributed by atoms with E-state index in [4.69, 9.17) is 9.47 Å². The van der Waals surface area contributed by atoms with Crippen molar-refractivity contribution in [3.8, 4) is 11.5 Å². The Labute approximate surface area is 175 Å². The van der Waals surface area contributed by atoms with E-state index in [0.717, 1.165) is 6.26 Å². The molecular weight excluding hydrogens is 483 g/mol. The van der Waals surface area contributed by atoms with Crippen molar-refractivity contribution in [1.29, 1.82) is 0 Å². The minimum atomic E-state index is -3.48. The minimum absolute atomic E-state index is 0.236. The quantitative estimate of drug-likeness (QED) is 0.497. The van der Waals surface area contributed by atoms with Crippen LogP contribution in [-0.2, 0) is 18.1 Å². The molecule has 0 heterocycles. The summed E-state index contributed by atoms with van der Waals surface area (Å²) in [6.07, 6.45) is 2.19. The standard InChI is InChI=1S/C17H21AsN2O7S2/c1-26-15-9-11(5-7-13(15)18-28(3,22)23)17(21)19-12-6-8-14(16(10-12)27-2)20-29(4,24)25/h5-10,18,20H,1-4H3,(H,19,21). The number of methoxy groups -OCH3 is 2. The summed E-state index contributed by atoms with van der Waals surface area (Å²) in [6, 6.07) is 9.06. The summed E-state index contributed by atoms with van der Waals surface area (Å²) >= 11 is -1.46. The molecule has 0 aliphatic carbocycles. The Morgan fingerprint density at radius 3 is 2.14 bits per heavy atom. The summed E-state index contributed by atoms with van der Waals surface area (Å²) in [5.41, 5.74) is 0.908. The molecule has 2 N–H and O–H groups in total. The normalized spacial score (nSPS) is 12.0. The van der Waals surface area contributed by atoms with Gasteiger partial charge in [-0.05, 0) is 0 Å². The monoisotopic (exact) mass is 504 g/mol. The number of sulfonamides is 1. The summed E-state index contributed by atoms with van der Waals surface area (Å²) in [7, 11) is -3.83. The van der Waals surface area contributed by atoms with Crippen molar-refractivity contribution in [3.05, 3.63) is 42.0 Å². The van der Waals surface area contributed by atoms with E-state index in [-0.39, 0.29) is 17.0 Å². The zero-order valence-electron chi connectivity index (χ0n) is 16.1. The van der Waals surface area contributed by atoms with E-state index in [1.807, 2.05) is 0 Å². The van der Waals surface area contributed by atoms with Gasteiger partial charge in [0.05, 0.1) is 6.26 Å². The first-order valence-electron chi connectivity index (χ1n) is 8.05.